The van der Waals surface area contributed by atoms with E-state index < -0.39 is 8.32 Å². The predicted molar refractivity (Wildman–Crippen MR) is 80.4 cm³/mol. The van der Waals surface area contributed by atoms with E-state index in [9.17, 15) is 0 Å². The maximum absolute atomic E-state index is 5.96. The fourth-order valence-electron chi connectivity index (χ4n) is 1.71. The van der Waals surface area contributed by atoms with E-state index in [2.05, 4.69) is 50.9 Å². The molecule has 0 amide bonds. The van der Waals surface area contributed by atoms with E-state index in [1.54, 1.807) is 0 Å². The monoisotopic (exact) mass is 350 g/mol. The molecule has 0 bridgehead atoms. The Balaban J connectivity index is 0.000000454. The fraction of sp³-hybridized carbons (Fsp3) is 0.500. The van der Waals surface area contributed by atoms with Gasteiger partial charge in [-0.15, -0.1) is 18.9 Å². The van der Waals surface area contributed by atoms with E-state index in [1.807, 2.05) is 12.2 Å². The molecule has 0 spiro atoms. The molecule has 0 radical (unpaired) electrons. The Morgan fingerprint density at radius 2 is 2.00 bits per heavy atom. The van der Waals surface area contributed by atoms with Crippen molar-refractivity contribution in [2.75, 3.05) is 0 Å². The molecule has 0 saturated heterocycles. The van der Waals surface area contributed by atoms with Crippen molar-refractivity contribution < 1.29 is 30.6 Å². The van der Waals surface area contributed by atoms with Gasteiger partial charge in [0.15, 0.2) is 0 Å². The molecular weight excluding hydrogens is 327 g/mol. The average Bonchev–Trinajstić information content (AvgIpc) is 2.91. The Hall–Kier alpha value is -0.140. The van der Waals surface area contributed by atoms with Crippen LogP contribution in [-0.2, 0) is 30.6 Å². The molecule has 0 aromatic rings. The van der Waals surface area contributed by atoms with Gasteiger partial charge < -0.3 is 4.43 Å². The summed E-state index contributed by atoms with van der Waals surface area (Å²) in [5.41, 5.74) is 1.30. The molecule has 0 atom stereocenters. The molecule has 0 unspecified atom stereocenters. The summed E-state index contributed by atoms with van der Waals surface area (Å²) in [6.45, 7) is 8.85. The van der Waals surface area contributed by atoms with Crippen LogP contribution in [0.4, 0.5) is 0 Å². The van der Waals surface area contributed by atoms with Crippen LogP contribution in [0.3, 0.4) is 0 Å². The summed E-state index contributed by atoms with van der Waals surface area (Å²) < 4.78 is 5.96. The van der Waals surface area contributed by atoms with Gasteiger partial charge in [-0.25, -0.2) is 12.2 Å². The Bertz CT molecular complexity index is 363. The molecule has 19 heavy (non-hydrogen) atoms. The van der Waals surface area contributed by atoms with Crippen LogP contribution in [0.15, 0.2) is 35.6 Å². The first-order valence-corrected chi connectivity index (χ1v) is 10.1. The molecule has 0 aromatic carbocycles. The minimum absolute atomic E-state index is 0. The predicted octanol–water partition coefficient (Wildman–Crippen LogP) is 4.96. The molecule has 0 N–H and O–H groups in total. The molecule has 0 fully saturated rings. The number of allylic oxidation sites excluding steroid dienone is 7. The van der Waals surface area contributed by atoms with Gasteiger partial charge in [0.25, 0.3) is 0 Å². The van der Waals surface area contributed by atoms with Crippen molar-refractivity contribution >= 4 is 8.32 Å². The zero-order chi connectivity index (χ0) is 13.4. The van der Waals surface area contributed by atoms with E-state index in [0.29, 0.717) is 0 Å². The third-order valence-corrected chi connectivity index (χ3v) is 3.23. The molecule has 2 aliphatic rings. The third kappa shape index (κ3) is 8.60. The van der Waals surface area contributed by atoms with Gasteiger partial charge in [0, 0.05) is 0 Å². The van der Waals surface area contributed by atoms with Gasteiger partial charge >= 0.3 is 26.2 Å². The molecule has 3 heteroatoms. The average molecular weight is 352 g/mol. The third-order valence-electron chi connectivity index (χ3n) is 2.40. The van der Waals surface area contributed by atoms with Gasteiger partial charge in [-0.05, 0) is 19.6 Å². The first-order chi connectivity index (χ1) is 8.53. The van der Waals surface area contributed by atoms with Crippen molar-refractivity contribution in [2.24, 2.45) is 0 Å². The molecule has 0 aliphatic heterocycles. The summed E-state index contributed by atoms with van der Waals surface area (Å²) in [6, 6.07) is 0. The van der Waals surface area contributed by atoms with Crippen LogP contribution >= 0.6 is 0 Å². The molecule has 0 heterocycles. The second kappa shape index (κ2) is 9.72. The second-order valence-electron chi connectivity index (χ2n) is 5.40. The van der Waals surface area contributed by atoms with Crippen LogP contribution < -0.4 is 0 Å². The van der Waals surface area contributed by atoms with Gasteiger partial charge in [0.1, 0.15) is 0 Å². The Labute approximate surface area is 138 Å². The Morgan fingerprint density at radius 1 is 1.26 bits per heavy atom. The van der Waals surface area contributed by atoms with Crippen LogP contribution in [0.1, 0.15) is 32.6 Å². The van der Waals surface area contributed by atoms with E-state index in [1.165, 1.54) is 12.0 Å². The molecule has 2 rings (SSSR count). The van der Waals surface area contributed by atoms with Crippen molar-refractivity contribution in [1.82, 2.24) is 0 Å². The number of hydrogen-bond acceptors (Lipinski definition) is 1. The van der Waals surface area contributed by atoms with Crippen LogP contribution in [0, 0.1) is 12.2 Å². The van der Waals surface area contributed by atoms with Gasteiger partial charge in [0.2, 0.25) is 8.32 Å². The molecule has 0 aromatic heterocycles. The van der Waals surface area contributed by atoms with Gasteiger partial charge in [-0.3, -0.25) is 12.2 Å². The smallest absolute Gasteiger partial charge is 0.631 e. The topological polar surface area (TPSA) is 9.23 Å². The van der Waals surface area contributed by atoms with E-state index >= 15 is 0 Å². The van der Waals surface area contributed by atoms with Crippen LogP contribution in [-0.4, -0.2) is 8.32 Å². The summed E-state index contributed by atoms with van der Waals surface area (Å²) in [7, 11) is -1.42. The van der Waals surface area contributed by atoms with Crippen molar-refractivity contribution in [2.45, 2.75) is 52.2 Å². The van der Waals surface area contributed by atoms with Crippen LogP contribution in [0.2, 0.25) is 19.6 Å². The molecule has 2 aliphatic carbocycles. The zero-order valence-corrected chi connectivity index (χ0v) is 16.0. The Morgan fingerprint density at radius 3 is 2.42 bits per heavy atom. The van der Waals surface area contributed by atoms with Crippen molar-refractivity contribution in [3.8, 4) is 0 Å². The maximum atomic E-state index is 5.96. The minimum Gasteiger partial charge on any atom is -0.631 e. The molecule has 0 saturated carbocycles. The SMILES string of the molecule is CCCC1=[C-]CC=C1O[Si](C)(C)C.[C-]1=CC=CC1.[Zr+2]. The van der Waals surface area contributed by atoms with E-state index in [4.69, 9.17) is 4.43 Å². The number of hydrogen-bond donors (Lipinski definition) is 0. The Kier molecular flexibility index (Phi) is 9.64. The molecule has 1 nitrogen and oxygen atoms in total. The van der Waals surface area contributed by atoms with Gasteiger partial charge in [-0.2, -0.15) is 11.6 Å². The van der Waals surface area contributed by atoms with Gasteiger partial charge in [0.05, 0.1) is 0 Å². The van der Waals surface area contributed by atoms with Crippen LogP contribution in [0.25, 0.3) is 0 Å². The van der Waals surface area contributed by atoms with Crippen LogP contribution in [0.5, 0.6) is 0 Å². The zero-order valence-electron chi connectivity index (χ0n) is 12.5. The summed E-state index contributed by atoms with van der Waals surface area (Å²) in [5, 5.41) is 0. The maximum Gasteiger partial charge on any atom is 2.00 e. The normalized spacial score (nSPS) is 16.2. The standard InChI is InChI=1S/C11H19OSi.C5H5.Zr/c1-5-7-10-8-6-9-11(10)12-13(2,3)4;1-2-4-5-3-1;/h9H,5-7H2,1-4H3;1-3H,4H2;/q2*-1;+2. The van der Waals surface area contributed by atoms with Crippen molar-refractivity contribution in [3.63, 3.8) is 0 Å². The summed E-state index contributed by atoms with van der Waals surface area (Å²) in [4.78, 5) is 0. The van der Waals surface area contributed by atoms with Crippen molar-refractivity contribution in [3.05, 3.63) is 47.8 Å². The second-order valence-corrected chi connectivity index (χ2v) is 9.82. The van der Waals surface area contributed by atoms with E-state index in [0.717, 1.165) is 25.0 Å². The quantitative estimate of drug-likeness (QED) is 0.514. The first-order valence-electron chi connectivity index (χ1n) is 6.74. The number of rotatable bonds is 4. The van der Waals surface area contributed by atoms with Crippen molar-refractivity contribution in [1.29, 1.82) is 0 Å². The van der Waals surface area contributed by atoms with Gasteiger partial charge in [-0.1, -0.05) is 25.5 Å². The minimum atomic E-state index is -1.42. The van der Waals surface area contributed by atoms with E-state index in [-0.39, 0.29) is 26.2 Å². The summed E-state index contributed by atoms with van der Waals surface area (Å²) in [6.07, 6.45) is 18.7. The molecular formula is C16H24OSiZr. The summed E-state index contributed by atoms with van der Waals surface area (Å²) >= 11 is 0. The fourth-order valence-corrected chi connectivity index (χ4v) is 2.58. The first kappa shape index (κ1) is 18.9. The summed E-state index contributed by atoms with van der Waals surface area (Å²) in [5.74, 6) is 1.11. The molecule has 102 valence electrons. The largest absolute Gasteiger partial charge is 2.00 e.